The van der Waals surface area contributed by atoms with Crippen LogP contribution in [0, 0.1) is 11.3 Å². The molecule has 1 aliphatic heterocycles. The Kier molecular flexibility index (Phi) is 4.38. The van der Waals surface area contributed by atoms with E-state index in [1.54, 1.807) is 0 Å². The van der Waals surface area contributed by atoms with Gasteiger partial charge in [-0.1, -0.05) is 6.92 Å². The molecule has 0 spiro atoms. The minimum absolute atomic E-state index is 0.0168. The summed E-state index contributed by atoms with van der Waals surface area (Å²) in [7, 11) is -3.14. The van der Waals surface area contributed by atoms with Crippen molar-refractivity contribution in [3.8, 4) is 6.07 Å². The van der Waals surface area contributed by atoms with Gasteiger partial charge in [0.05, 0.1) is 11.8 Å². The summed E-state index contributed by atoms with van der Waals surface area (Å²) in [6, 6.07) is 1.37. The van der Waals surface area contributed by atoms with E-state index >= 15 is 0 Å². The van der Waals surface area contributed by atoms with Gasteiger partial charge in [0.25, 0.3) is 0 Å². The zero-order chi connectivity index (χ0) is 11.5. The fraction of sp³-hybridized carbons (Fsp3) is 0.889. The second-order valence-electron chi connectivity index (χ2n) is 3.75. The van der Waals surface area contributed by atoms with E-state index in [0.717, 1.165) is 6.42 Å². The summed E-state index contributed by atoms with van der Waals surface area (Å²) >= 11 is 5.92. The molecular formula is C9H15ClN2O2S. The highest BCUT2D eigenvalue weighted by molar-refractivity contribution is 7.92. The van der Waals surface area contributed by atoms with E-state index in [0.29, 0.717) is 12.8 Å². The number of nitrogens with one attached hydrogen (secondary N) is 1. The first kappa shape index (κ1) is 12.8. The summed E-state index contributed by atoms with van der Waals surface area (Å²) in [6.45, 7) is 1.96. The van der Waals surface area contributed by atoms with E-state index in [1.165, 1.54) is 0 Å². The molecule has 3 atom stereocenters. The van der Waals surface area contributed by atoms with Crippen LogP contribution in [0.25, 0.3) is 0 Å². The number of sulfone groups is 1. The van der Waals surface area contributed by atoms with Crippen molar-refractivity contribution >= 4 is 21.4 Å². The van der Waals surface area contributed by atoms with Crippen molar-refractivity contribution in [1.82, 2.24) is 5.32 Å². The van der Waals surface area contributed by atoms with Crippen molar-refractivity contribution in [2.45, 2.75) is 43.0 Å². The number of nitrogens with zero attached hydrogens (tertiary/aromatic N) is 1. The molecule has 1 saturated heterocycles. The lowest BCUT2D eigenvalue weighted by atomic mass is 10.2. The largest absolute Gasteiger partial charge is 0.285 e. The lowest BCUT2D eigenvalue weighted by Crippen LogP contribution is -2.31. The van der Waals surface area contributed by atoms with E-state index in [-0.39, 0.29) is 11.1 Å². The molecule has 4 nitrogen and oxygen atoms in total. The van der Waals surface area contributed by atoms with Crippen molar-refractivity contribution in [3.63, 3.8) is 0 Å². The zero-order valence-corrected chi connectivity index (χ0v) is 10.2. The van der Waals surface area contributed by atoms with Crippen LogP contribution in [0.3, 0.4) is 0 Å². The maximum atomic E-state index is 11.6. The first-order valence-electron chi connectivity index (χ1n) is 5.01. The van der Waals surface area contributed by atoms with Gasteiger partial charge in [0.2, 0.25) is 0 Å². The number of hydrogen-bond donors (Lipinski definition) is 1. The van der Waals surface area contributed by atoms with Crippen molar-refractivity contribution in [1.29, 1.82) is 5.26 Å². The molecule has 15 heavy (non-hydrogen) atoms. The first-order valence-corrected chi connectivity index (χ1v) is 7.16. The predicted molar refractivity (Wildman–Crippen MR) is 59.3 cm³/mol. The van der Waals surface area contributed by atoms with Gasteiger partial charge in [0.15, 0.2) is 9.84 Å². The third kappa shape index (κ3) is 3.33. The summed E-state index contributed by atoms with van der Waals surface area (Å²) in [6.07, 6.45) is 1.98. The van der Waals surface area contributed by atoms with Crippen LogP contribution in [0.2, 0.25) is 0 Å². The van der Waals surface area contributed by atoms with Gasteiger partial charge >= 0.3 is 0 Å². The molecule has 3 unspecified atom stereocenters. The Balaban J connectivity index is 2.53. The van der Waals surface area contributed by atoms with Gasteiger partial charge in [-0.25, -0.2) is 8.42 Å². The highest BCUT2D eigenvalue weighted by Crippen LogP contribution is 2.19. The van der Waals surface area contributed by atoms with E-state index in [9.17, 15) is 8.42 Å². The molecule has 1 aliphatic rings. The zero-order valence-electron chi connectivity index (χ0n) is 8.61. The summed E-state index contributed by atoms with van der Waals surface area (Å²) in [5.74, 6) is -0.0761. The molecule has 0 radical (unpaired) electrons. The molecular weight excluding hydrogens is 236 g/mol. The monoisotopic (exact) mass is 250 g/mol. The average molecular weight is 251 g/mol. The van der Waals surface area contributed by atoms with E-state index < -0.39 is 21.3 Å². The minimum atomic E-state index is -3.14. The third-order valence-corrected chi connectivity index (χ3v) is 5.12. The van der Waals surface area contributed by atoms with E-state index in [2.05, 4.69) is 5.32 Å². The van der Waals surface area contributed by atoms with Gasteiger partial charge in [-0.2, -0.15) is 5.26 Å². The van der Waals surface area contributed by atoms with Crippen LogP contribution >= 0.6 is 11.6 Å². The Labute approximate surface area is 95.5 Å². The molecule has 86 valence electrons. The molecule has 6 heteroatoms. The van der Waals surface area contributed by atoms with Crippen molar-refractivity contribution in [2.75, 3.05) is 5.75 Å². The molecule has 1 heterocycles. The maximum absolute atomic E-state index is 11.6. The van der Waals surface area contributed by atoms with Crippen LogP contribution in [0.4, 0.5) is 0 Å². The van der Waals surface area contributed by atoms with Crippen molar-refractivity contribution in [2.24, 2.45) is 0 Å². The normalized spacial score (nSPS) is 31.0. The Hall–Kier alpha value is -0.310. The lowest BCUT2D eigenvalue weighted by molar-refractivity contribution is 0.541. The fourth-order valence-electron chi connectivity index (χ4n) is 1.60. The number of nitriles is 1. The summed E-state index contributed by atoms with van der Waals surface area (Å²) in [5, 5.41) is 10.9. The SMILES string of the molecule is CCC(Cl)CCC1NC(C#N)CS1(=O)=O. The number of alkyl halides is 1. The second kappa shape index (κ2) is 5.15. The van der Waals surface area contributed by atoms with Gasteiger partial charge < -0.3 is 0 Å². The summed E-state index contributed by atoms with van der Waals surface area (Å²) in [5.41, 5.74) is 0. The highest BCUT2D eigenvalue weighted by atomic mass is 35.5. The fourth-order valence-corrected chi connectivity index (χ4v) is 3.46. The van der Waals surface area contributed by atoms with Crippen LogP contribution in [-0.2, 0) is 9.84 Å². The lowest BCUT2D eigenvalue weighted by Gasteiger charge is -2.11. The van der Waals surface area contributed by atoms with Gasteiger partial charge in [-0.3, -0.25) is 5.32 Å². The van der Waals surface area contributed by atoms with Crippen LogP contribution in [0.1, 0.15) is 26.2 Å². The average Bonchev–Trinajstić information content (AvgIpc) is 2.49. The molecule has 0 saturated carbocycles. The molecule has 0 bridgehead atoms. The second-order valence-corrected chi connectivity index (χ2v) is 6.59. The highest BCUT2D eigenvalue weighted by Gasteiger charge is 2.37. The molecule has 0 aromatic heterocycles. The van der Waals surface area contributed by atoms with Crippen molar-refractivity contribution < 1.29 is 8.42 Å². The summed E-state index contributed by atoms with van der Waals surface area (Å²) in [4.78, 5) is 0. The number of rotatable bonds is 4. The number of halogens is 1. The molecule has 1 fully saturated rings. The molecule has 0 aromatic carbocycles. The first-order chi connectivity index (χ1) is 6.99. The quantitative estimate of drug-likeness (QED) is 0.757. The van der Waals surface area contributed by atoms with Crippen molar-refractivity contribution in [3.05, 3.63) is 0 Å². The van der Waals surface area contributed by atoms with Gasteiger partial charge in [0.1, 0.15) is 11.4 Å². The van der Waals surface area contributed by atoms with Gasteiger partial charge in [0, 0.05) is 5.38 Å². The van der Waals surface area contributed by atoms with E-state index in [4.69, 9.17) is 16.9 Å². The Morgan fingerprint density at radius 3 is 2.80 bits per heavy atom. The Morgan fingerprint density at radius 1 is 1.67 bits per heavy atom. The minimum Gasteiger partial charge on any atom is -0.285 e. The number of hydrogen-bond acceptors (Lipinski definition) is 4. The predicted octanol–water partition coefficient (Wildman–Crippen LogP) is 1.02. The topological polar surface area (TPSA) is 70.0 Å². The van der Waals surface area contributed by atoms with Gasteiger partial charge in [-0.15, -0.1) is 11.6 Å². The van der Waals surface area contributed by atoms with Crippen LogP contribution in [-0.4, -0.2) is 31.0 Å². The van der Waals surface area contributed by atoms with E-state index in [1.807, 2.05) is 13.0 Å². The molecule has 0 aromatic rings. The molecule has 1 rings (SSSR count). The third-order valence-electron chi connectivity index (χ3n) is 2.56. The molecule has 0 amide bonds. The van der Waals surface area contributed by atoms with Crippen LogP contribution in [0.15, 0.2) is 0 Å². The smallest absolute Gasteiger partial charge is 0.168 e. The van der Waals surface area contributed by atoms with Gasteiger partial charge in [-0.05, 0) is 19.3 Å². The Bertz CT molecular complexity index is 350. The summed E-state index contributed by atoms with van der Waals surface area (Å²) < 4.78 is 23.2. The molecule has 0 aliphatic carbocycles. The maximum Gasteiger partial charge on any atom is 0.168 e. The van der Waals surface area contributed by atoms with Crippen LogP contribution < -0.4 is 5.32 Å². The van der Waals surface area contributed by atoms with Crippen LogP contribution in [0.5, 0.6) is 0 Å². The standard InChI is InChI=1S/C9H15ClN2O2S/c1-2-7(10)3-4-9-12-8(5-11)6-15(9,13)14/h7-9,12H,2-4,6H2,1H3. The molecule has 1 N–H and O–H groups in total. The Morgan fingerprint density at radius 2 is 2.33 bits per heavy atom.